The van der Waals surface area contributed by atoms with E-state index in [0.717, 1.165) is 16.7 Å². The maximum Gasteiger partial charge on any atom is 0.224 e. The van der Waals surface area contributed by atoms with Crippen molar-refractivity contribution >= 4 is 17.5 Å². The molecule has 0 aliphatic rings. The number of anilines is 1. The third kappa shape index (κ3) is 5.34. The molecule has 2 aromatic carbocycles. The van der Waals surface area contributed by atoms with Crippen molar-refractivity contribution in [3.8, 4) is 5.75 Å². The van der Waals surface area contributed by atoms with Crippen molar-refractivity contribution in [1.82, 2.24) is 5.32 Å². The van der Waals surface area contributed by atoms with Gasteiger partial charge < -0.3 is 15.0 Å². The molecule has 0 heterocycles. The van der Waals surface area contributed by atoms with Gasteiger partial charge in [0, 0.05) is 20.0 Å². The fraction of sp³-hybridized carbons (Fsp3) is 0.333. The Balaban J connectivity index is 1.98. The molecule has 2 amide bonds. The van der Waals surface area contributed by atoms with Gasteiger partial charge in [-0.2, -0.15) is 0 Å². The smallest absolute Gasteiger partial charge is 0.224 e. The molecular formula is C21H26N2O3. The lowest BCUT2D eigenvalue weighted by atomic mass is 10.1. The van der Waals surface area contributed by atoms with Crippen LogP contribution in [0.25, 0.3) is 0 Å². The number of amides is 2. The van der Waals surface area contributed by atoms with Gasteiger partial charge in [0.05, 0.1) is 19.2 Å². The van der Waals surface area contributed by atoms with Crippen LogP contribution < -0.4 is 15.0 Å². The minimum atomic E-state index is -0.0955. The second-order valence-corrected chi connectivity index (χ2v) is 6.36. The molecule has 5 heteroatoms. The molecule has 0 aromatic heterocycles. The molecule has 5 nitrogen and oxygen atoms in total. The van der Waals surface area contributed by atoms with Crippen LogP contribution in [0.1, 0.15) is 23.6 Å². The van der Waals surface area contributed by atoms with Crippen LogP contribution in [0.3, 0.4) is 0 Å². The second kappa shape index (κ2) is 9.04. The predicted octanol–water partition coefficient (Wildman–Crippen LogP) is 3.02. The van der Waals surface area contributed by atoms with Gasteiger partial charge in [-0.05, 0) is 37.1 Å². The number of hydrogen-bond acceptors (Lipinski definition) is 3. The van der Waals surface area contributed by atoms with E-state index < -0.39 is 0 Å². The lowest BCUT2D eigenvalue weighted by Crippen LogP contribution is -2.38. The molecule has 2 rings (SSSR count). The molecule has 0 unspecified atom stereocenters. The van der Waals surface area contributed by atoms with Crippen LogP contribution in [0.4, 0.5) is 5.69 Å². The standard InChI is InChI=1S/C21H26N2O3/c1-15-6-5-7-18(12-15)14-21(25)22-10-11-23(17(3)24)19-13-16(2)8-9-20(19)26-4/h5-9,12-13H,10-11,14H2,1-4H3,(H,22,25). The Morgan fingerprint density at radius 1 is 1.08 bits per heavy atom. The van der Waals surface area contributed by atoms with Gasteiger partial charge in [-0.1, -0.05) is 35.9 Å². The normalized spacial score (nSPS) is 10.3. The van der Waals surface area contributed by atoms with E-state index in [1.807, 2.05) is 56.3 Å². The molecule has 0 atom stereocenters. The number of hydrogen-bond donors (Lipinski definition) is 1. The summed E-state index contributed by atoms with van der Waals surface area (Å²) in [4.78, 5) is 25.9. The highest BCUT2D eigenvalue weighted by Crippen LogP contribution is 2.29. The highest BCUT2D eigenvalue weighted by molar-refractivity contribution is 5.93. The van der Waals surface area contributed by atoms with Gasteiger partial charge >= 0.3 is 0 Å². The van der Waals surface area contributed by atoms with Gasteiger partial charge in [-0.3, -0.25) is 9.59 Å². The number of ether oxygens (including phenoxy) is 1. The number of rotatable bonds is 7. The zero-order chi connectivity index (χ0) is 19.1. The molecule has 0 aliphatic heterocycles. The minimum Gasteiger partial charge on any atom is -0.495 e. The van der Waals surface area contributed by atoms with Crippen molar-refractivity contribution in [2.75, 3.05) is 25.1 Å². The third-order valence-corrected chi connectivity index (χ3v) is 4.11. The second-order valence-electron chi connectivity index (χ2n) is 6.36. The van der Waals surface area contributed by atoms with E-state index in [2.05, 4.69) is 5.32 Å². The number of aryl methyl sites for hydroxylation is 2. The lowest BCUT2D eigenvalue weighted by Gasteiger charge is -2.24. The van der Waals surface area contributed by atoms with Crippen molar-refractivity contribution in [3.63, 3.8) is 0 Å². The molecule has 138 valence electrons. The van der Waals surface area contributed by atoms with Gasteiger partial charge in [0.25, 0.3) is 0 Å². The molecule has 0 saturated carbocycles. The molecule has 0 radical (unpaired) electrons. The quantitative estimate of drug-likeness (QED) is 0.831. The first kappa shape index (κ1) is 19.5. The average molecular weight is 354 g/mol. The van der Waals surface area contributed by atoms with Crippen molar-refractivity contribution in [3.05, 3.63) is 59.2 Å². The van der Waals surface area contributed by atoms with Gasteiger partial charge in [-0.25, -0.2) is 0 Å². The Bertz CT molecular complexity index is 787. The molecule has 0 saturated heterocycles. The Labute approximate surface area is 155 Å². The van der Waals surface area contributed by atoms with E-state index in [1.54, 1.807) is 12.0 Å². The summed E-state index contributed by atoms with van der Waals surface area (Å²) < 4.78 is 5.37. The highest BCUT2D eigenvalue weighted by Gasteiger charge is 2.16. The van der Waals surface area contributed by atoms with Crippen LogP contribution in [-0.2, 0) is 16.0 Å². The van der Waals surface area contributed by atoms with Crippen LogP contribution in [0, 0.1) is 13.8 Å². The summed E-state index contributed by atoms with van der Waals surface area (Å²) in [6, 6.07) is 13.6. The number of carbonyl (C=O) groups excluding carboxylic acids is 2. The Kier molecular flexibility index (Phi) is 6.78. The molecule has 0 spiro atoms. The summed E-state index contributed by atoms with van der Waals surface area (Å²) in [5, 5.41) is 2.88. The maximum atomic E-state index is 12.1. The van der Waals surface area contributed by atoms with E-state index in [-0.39, 0.29) is 11.8 Å². The van der Waals surface area contributed by atoms with Crippen molar-refractivity contribution < 1.29 is 14.3 Å². The van der Waals surface area contributed by atoms with Crippen molar-refractivity contribution in [1.29, 1.82) is 0 Å². The molecule has 26 heavy (non-hydrogen) atoms. The van der Waals surface area contributed by atoms with E-state index in [1.165, 1.54) is 6.92 Å². The number of methoxy groups -OCH3 is 1. The number of benzene rings is 2. The molecule has 0 aliphatic carbocycles. The summed E-state index contributed by atoms with van der Waals surface area (Å²) >= 11 is 0. The third-order valence-electron chi connectivity index (χ3n) is 4.11. The number of carbonyl (C=O) groups is 2. The summed E-state index contributed by atoms with van der Waals surface area (Å²) in [6.07, 6.45) is 0.329. The van der Waals surface area contributed by atoms with Gasteiger partial charge in [-0.15, -0.1) is 0 Å². The van der Waals surface area contributed by atoms with Crippen molar-refractivity contribution in [2.24, 2.45) is 0 Å². The van der Waals surface area contributed by atoms with Crippen molar-refractivity contribution in [2.45, 2.75) is 27.2 Å². The van der Waals surface area contributed by atoms with Crippen LogP contribution in [0.2, 0.25) is 0 Å². The summed E-state index contributed by atoms with van der Waals surface area (Å²) in [7, 11) is 1.58. The predicted molar refractivity (Wildman–Crippen MR) is 104 cm³/mol. The van der Waals surface area contributed by atoms with E-state index in [0.29, 0.717) is 30.9 Å². The van der Waals surface area contributed by atoms with E-state index >= 15 is 0 Å². The van der Waals surface area contributed by atoms with Crippen LogP contribution in [-0.4, -0.2) is 32.0 Å². The molecule has 2 aromatic rings. The molecule has 0 bridgehead atoms. The minimum absolute atomic E-state index is 0.0599. The first-order valence-electron chi connectivity index (χ1n) is 8.65. The monoisotopic (exact) mass is 354 g/mol. The Morgan fingerprint density at radius 3 is 2.46 bits per heavy atom. The summed E-state index contributed by atoms with van der Waals surface area (Å²) in [5.74, 6) is 0.481. The molecule has 0 fully saturated rings. The average Bonchev–Trinajstić information content (AvgIpc) is 2.58. The fourth-order valence-electron chi connectivity index (χ4n) is 2.84. The van der Waals surface area contributed by atoms with E-state index in [9.17, 15) is 9.59 Å². The highest BCUT2D eigenvalue weighted by atomic mass is 16.5. The lowest BCUT2D eigenvalue weighted by molar-refractivity contribution is -0.121. The van der Waals surface area contributed by atoms with Crippen LogP contribution in [0.5, 0.6) is 5.75 Å². The zero-order valence-corrected chi connectivity index (χ0v) is 15.8. The number of nitrogens with zero attached hydrogens (tertiary/aromatic N) is 1. The van der Waals surface area contributed by atoms with Gasteiger partial charge in [0.15, 0.2) is 0 Å². The molecular weight excluding hydrogens is 328 g/mol. The largest absolute Gasteiger partial charge is 0.495 e. The first-order valence-corrected chi connectivity index (χ1v) is 8.65. The summed E-state index contributed by atoms with van der Waals surface area (Å²) in [5.41, 5.74) is 3.86. The SMILES string of the molecule is COc1ccc(C)cc1N(CCNC(=O)Cc1cccc(C)c1)C(C)=O. The molecule has 1 N–H and O–H groups in total. The number of nitrogens with one attached hydrogen (secondary N) is 1. The maximum absolute atomic E-state index is 12.1. The van der Waals surface area contributed by atoms with Crippen LogP contribution >= 0.6 is 0 Å². The summed E-state index contributed by atoms with van der Waals surface area (Å²) in [6.45, 7) is 6.23. The zero-order valence-electron chi connectivity index (χ0n) is 15.8. The fourth-order valence-corrected chi connectivity index (χ4v) is 2.84. The Hall–Kier alpha value is -2.82. The van der Waals surface area contributed by atoms with Gasteiger partial charge in [0.2, 0.25) is 11.8 Å². The first-order chi connectivity index (χ1) is 12.4. The topological polar surface area (TPSA) is 58.6 Å². The Morgan fingerprint density at radius 2 is 1.81 bits per heavy atom. The van der Waals surface area contributed by atoms with E-state index in [4.69, 9.17) is 4.74 Å². The van der Waals surface area contributed by atoms with Crippen LogP contribution in [0.15, 0.2) is 42.5 Å². The van der Waals surface area contributed by atoms with Gasteiger partial charge in [0.1, 0.15) is 5.75 Å².